The van der Waals surface area contributed by atoms with Gasteiger partial charge in [0, 0.05) is 28.7 Å². The van der Waals surface area contributed by atoms with Gasteiger partial charge in [0.1, 0.15) is 17.7 Å². The molecule has 1 heterocycles. The van der Waals surface area contributed by atoms with E-state index in [4.69, 9.17) is 27.9 Å². The van der Waals surface area contributed by atoms with E-state index in [1.807, 2.05) is 16.9 Å². The highest BCUT2D eigenvalue weighted by molar-refractivity contribution is 7.89. The van der Waals surface area contributed by atoms with Crippen molar-refractivity contribution in [1.82, 2.24) is 9.62 Å². The summed E-state index contributed by atoms with van der Waals surface area (Å²) in [7, 11) is -3.80. The predicted molar refractivity (Wildman–Crippen MR) is 131 cm³/mol. The lowest BCUT2D eigenvalue weighted by Gasteiger charge is -2.39. The van der Waals surface area contributed by atoms with E-state index in [9.17, 15) is 17.6 Å². The zero-order valence-electron chi connectivity index (χ0n) is 19.0. The van der Waals surface area contributed by atoms with Crippen LogP contribution in [-0.2, 0) is 16.6 Å². The molecule has 10 heteroatoms. The number of benzene rings is 2. The third kappa shape index (κ3) is 6.22. The van der Waals surface area contributed by atoms with E-state index in [1.165, 1.54) is 12.1 Å². The van der Waals surface area contributed by atoms with Crippen LogP contribution in [0.25, 0.3) is 0 Å². The number of likely N-dealkylation sites (tertiary alicyclic amines) is 1. The largest absolute Gasteiger partial charge is 0.488 e. The van der Waals surface area contributed by atoms with Crippen molar-refractivity contribution in [1.29, 1.82) is 0 Å². The summed E-state index contributed by atoms with van der Waals surface area (Å²) in [6.45, 7) is 3.63. The van der Waals surface area contributed by atoms with Crippen molar-refractivity contribution in [3.8, 4) is 5.75 Å². The monoisotopic (exact) mass is 528 g/mol. The molecule has 6 nitrogen and oxygen atoms in total. The van der Waals surface area contributed by atoms with Crippen molar-refractivity contribution in [2.45, 2.75) is 57.2 Å². The summed E-state index contributed by atoms with van der Waals surface area (Å²) in [5.74, 6) is -1.20. The highest BCUT2D eigenvalue weighted by Gasteiger charge is 2.34. The van der Waals surface area contributed by atoms with Crippen LogP contribution in [0.4, 0.5) is 4.39 Å². The maximum absolute atomic E-state index is 14.9. The van der Waals surface area contributed by atoms with Crippen LogP contribution in [-0.4, -0.2) is 44.2 Å². The molecule has 34 heavy (non-hydrogen) atoms. The molecule has 0 radical (unpaired) electrons. The highest BCUT2D eigenvalue weighted by Crippen LogP contribution is 2.46. The van der Waals surface area contributed by atoms with Gasteiger partial charge in [-0.3, -0.25) is 9.69 Å². The minimum absolute atomic E-state index is 0.0508. The molecule has 2 fully saturated rings. The van der Waals surface area contributed by atoms with E-state index in [-0.39, 0.29) is 23.6 Å². The fourth-order valence-electron chi connectivity index (χ4n) is 4.44. The Morgan fingerprint density at radius 1 is 1.15 bits per heavy atom. The Labute approximate surface area is 209 Å². The van der Waals surface area contributed by atoms with Gasteiger partial charge in [-0.1, -0.05) is 23.2 Å². The lowest BCUT2D eigenvalue weighted by molar-refractivity contribution is 0.0307. The molecular weight excluding hydrogens is 502 g/mol. The van der Waals surface area contributed by atoms with Gasteiger partial charge in [0.25, 0.3) is 5.91 Å². The van der Waals surface area contributed by atoms with E-state index in [0.29, 0.717) is 22.3 Å². The van der Waals surface area contributed by atoms with E-state index < -0.39 is 21.7 Å². The summed E-state index contributed by atoms with van der Waals surface area (Å²) in [5.41, 5.74) is 1.46. The molecule has 1 N–H and O–H groups in total. The molecule has 0 unspecified atom stereocenters. The molecule has 2 aromatic carbocycles. The van der Waals surface area contributed by atoms with E-state index in [1.54, 1.807) is 6.07 Å². The topological polar surface area (TPSA) is 75.7 Å². The average molecular weight is 529 g/mol. The number of carbonyl (C=O) groups is 1. The molecule has 1 aliphatic carbocycles. The van der Waals surface area contributed by atoms with Gasteiger partial charge in [0.2, 0.25) is 10.0 Å². The standard InChI is InChI=1S/C24H27Cl2FN2O4S/c1-14-22(4-3-7-29(14)13-15-8-17(25)10-18(26)9-15)33-23-12-21(27)20(11-19(23)16-5-6-16)24(30)28-34(2,31)32/h8-12,14,16,22H,3-7,13H2,1-2H3,(H,28,30)/t14-,22+/m0/s1. The maximum Gasteiger partial charge on any atom is 0.267 e. The van der Waals surface area contributed by atoms with Crippen LogP contribution >= 0.6 is 23.2 Å². The van der Waals surface area contributed by atoms with Gasteiger partial charge in [-0.25, -0.2) is 17.5 Å². The first-order valence-electron chi connectivity index (χ1n) is 11.2. The molecule has 4 rings (SSSR count). The Kier molecular flexibility index (Phi) is 7.43. The van der Waals surface area contributed by atoms with Crippen LogP contribution in [0.1, 0.15) is 60.0 Å². The molecule has 1 aliphatic heterocycles. The van der Waals surface area contributed by atoms with Gasteiger partial charge in [-0.15, -0.1) is 0 Å². The number of halogens is 3. The number of amides is 1. The van der Waals surface area contributed by atoms with Gasteiger partial charge in [-0.05, 0) is 80.5 Å². The predicted octanol–water partition coefficient (Wildman–Crippen LogP) is 5.13. The Morgan fingerprint density at radius 3 is 2.44 bits per heavy atom. The Balaban J connectivity index is 1.54. The number of rotatable bonds is 7. The van der Waals surface area contributed by atoms with Crippen molar-refractivity contribution < 1.29 is 22.3 Å². The fraction of sp³-hybridized carbons (Fsp3) is 0.458. The lowest BCUT2D eigenvalue weighted by Crippen LogP contribution is -2.48. The first kappa shape index (κ1) is 25.2. The van der Waals surface area contributed by atoms with Crippen molar-refractivity contribution in [3.05, 3.63) is 62.9 Å². The molecule has 2 atom stereocenters. The molecule has 0 aromatic heterocycles. The SMILES string of the molecule is C[C@H]1[C@H](Oc2cc(F)c(C(=O)NS(C)(=O)=O)cc2C2CC2)CCCN1Cc1cc(Cl)cc(Cl)c1. The summed E-state index contributed by atoms with van der Waals surface area (Å²) < 4.78 is 45.9. The van der Waals surface area contributed by atoms with Gasteiger partial charge in [0.15, 0.2) is 0 Å². The van der Waals surface area contributed by atoms with Crippen LogP contribution in [0, 0.1) is 5.82 Å². The number of piperidine rings is 1. The number of ether oxygens (including phenoxy) is 1. The number of sulfonamides is 1. The Bertz CT molecular complexity index is 1180. The average Bonchev–Trinajstić information content (AvgIpc) is 3.54. The summed E-state index contributed by atoms with van der Waals surface area (Å²) >= 11 is 12.3. The van der Waals surface area contributed by atoms with E-state index >= 15 is 0 Å². The summed E-state index contributed by atoms with van der Waals surface area (Å²) in [6, 6.07) is 8.19. The summed E-state index contributed by atoms with van der Waals surface area (Å²) in [4.78, 5) is 14.6. The Hall–Kier alpha value is -1.87. The first-order chi connectivity index (χ1) is 16.0. The minimum atomic E-state index is -3.80. The third-order valence-corrected chi connectivity index (χ3v) is 7.27. The van der Waals surface area contributed by atoms with Crippen LogP contribution in [0.3, 0.4) is 0 Å². The second-order valence-corrected chi connectivity index (χ2v) is 11.8. The van der Waals surface area contributed by atoms with E-state index in [2.05, 4.69) is 11.8 Å². The second-order valence-electron chi connectivity index (χ2n) is 9.13. The zero-order chi connectivity index (χ0) is 24.6. The van der Waals surface area contributed by atoms with Crippen LogP contribution < -0.4 is 9.46 Å². The molecule has 0 bridgehead atoms. The van der Waals surface area contributed by atoms with Gasteiger partial charge < -0.3 is 4.74 Å². The van der Waals surface area contributed by atoms with Crippen LogP contribution in [0.15, 0.2) is 30.3 Å². The Morgan fingerprint density at radius 2 is 1.82 bits per heavy atom. The molecular formula is C24H27Cl2FN2O4S. The number of nitrogens with zero attached hydrogens (tertiary/aromatic N) is 1. The smallest absolute Gasteiger partial charge is 0.267 e. The van der Waals surface area contributed by atoms with E-state index in [0.717, 1.165) is 49.6 Å². The number of nitrogens with one attached hydrogen (secondary N) is 1. The fourth-order valence-corrected chi connectivity index (χ4v) is 5.46. The minimum Gasteiger partial charge on any atom is -0.488 e. The quantitative estimate of drug-likeness (QED) is 0.538. The lowest BCUT2D eigenvalue weighted by atomic mass is 9.98. The molecule has 184 valence electrons. The molecule has 1 saturated carbocycles. The molecule has 1 saturated heterocycles. The zero-order valence-corrected chi connectivity index (χ0v) is 21.3. The number of carbonyl (C=O) groups excluding carboxylic acids is 1. The molecule has 0 spiro atoms. The maximum atomic E-state index is 14.9. The molecule has 1 amide bonds. The second kappa shape index (κ2) is 10.0. The number of hydrogen-bond acceptors (Lipinski definition) is 5. The summed E-state index contributed by atoms with van der Waals surface area (Å²) in [5, 5.41) is 1.18. The molecule has 2 aliphatic rings. The van der Waals surface area contributed by atoms with Gasteiger partial charge in [0.05, 0.1) is 11.8 Å². The van der Waals surface area contributed by atoms with Crippen LogP contribution in [0.2, 0.25) is 10.0 Å². The van der Waals surface area contributed by atoms with Crippen molar-refractivity contribution in [3.63, 3.8) is 0 Å². The van der Waals surface area contributed by atoms with Crippen molar-refractivity contribution in [2.24, 2.45) is 0 Å². The van der Waals surface area contributed by atoms with Crippen LogP contribution in [0.5, 0.6) is 5.75 Å². The summed E-state index contributed by atoms with van der Waals surface area (Å²) in [6.07, 6.45) is 4.25. The van der Waals surface area contributed by atoms with Crippen molar-refractivity contribution in [2.75, 3.05) is 12.8 Å². The molecule has 2 aromatic rings. The van der Waals surface area contributed by atoms with Gasteiger partial charge in [-0.2, -0.15) is 0 Å². The van der Waals surface area contributed by atoms with Gasteiger partial charge >= 0.3 is 0 Å². The number of hydrogen-bond donors (Lipinski definition) is 1. The van der Waals surface area contributed by atoms with Crippen molar-refractivity contribution >= 4 is 39.1 Å². The first-order valence-corrected chi connectivity index (χ1v) is 13.9. The normalized spacial score (nSPS) is 21.3. The third-order valence-electron chi connectivity index (χ3n) is 6.27. The highest BCUT2D eigenvalue weighted by atomic mass is 35.5.